The van der Waals surface area contributed by atoms with Crippen molar-refractivity contribution in [2.75, 3.05) is 33.2 Å². The monoisotopic (exact) mass is 402 g/mol. The number of hydrogen-bond acceptors (Lipinski definition) is 2. The molecule has 2 fully saturated rings. The van der Waals surface area contributed by atoms with Gasteiger partial charge in [0.25, 0.3) is 0 Å². The first-order valence-corrected chi connectivity index (χ1v) is 12.0. The minimum absolute atomic E-state index is 0.166. The van der Waals surface area contributed by atoms with Gasteiger partial charge in [0.15, 0.2) is 5.71 Å². The van der Waals surface area contributed by atoms with Gasteiger partial charge in [-0.15, -0.1) is 0 Å². The summed E-state index contributed by atoms with van der Waals surface area (Å²) in [6.45, 7) is 9.06. The summed E-state index contributed by atoms with van der Waals surface area (Å²) >= 11 is 0. The molecule has 0 atom stereocenters. The van der Waals surface area contributed by atoms with Gasteiger partial charge in [-0.05, 0) is 36.6 Å². The molecule has 2 aromatic carbocycles. The Morgan fingerprint density at radius 1 is 1.00 bits per heavy atom. The molecular formula is C27H36N3+. The highest BCUT2D eigenvalue weighted by molar-refractivity contribution is 6.08. The Labute approximate surface area is 181 Å². The molecule has 158 valence electrons. The second-order valence-corrected chi connectivity index (χ2v) is 9.36. The van der Waals surface area contributed by atoms with Crippen molar-refractivity contribution in [3.05, 3.63) is 53.9 Å². The van der Waals surface area contributed by atoms with Crippen LogP contribution in [0.2, 0.25) is 0 Å². The third kappa shape index (κ3) is 2.89. The van der Waals surface area contributed by atoms with E-state index in [1.807, 2.05) is 0 Å². The Morgan fingerprint density at radius 2 is 1.80 bits per heavy atom. The van der Waals surface area contributed by atoms with Crippen LogP contribution in [0.1, 0.15) is 57.9 Å². The van der Waals surface area contributed by atoms with E-state index in [-0.39, 0.29) is 5.41 Å². The van der Waals surface area contributed by atoms with Crippen molar-refractivity contribution in [3.8, 4) is 0 Å². The molecule has 1 spiro atoms. The highest BCUT2D eigenvalue weighted by Gasteiger charge is 2.52. The zero-order valence-corrected chi connectivity index (χ0v) is 19.0. The predicted octanol–water partition coefficient (Wildman–Crippen LogP) is 5.66. The van der Waals surface area contributed by atoms with E-state index in [1.54, 1.807) is 11.3 Å². The Hall–Kier alpha value is -2.29. The van der Waals surface area contributed by atoms with Gasteiger partial charge in [0.05, 0.1) is 5.41 Å². The Bertz CT molecular complexity index is 1010. The van der Waals surface area contributed by atoms with E-state index in [4.69, 9.17) is 0 Å². The first-order valence-electron chi connectivity index (χ1n) is 12.0. The molecule has 5 rings (SSSR count). The fraction of sp³-hybridized carbons (Fsp3) is 0.519. The maximum absolute atomic E-state index is 2.68. The van der Waals surface area contributed by atoms with Gasteiger partial charge in [-0.3, -0.25) is 0 Å². The molecule has 0 amide bonds. The minimum atomic E-state index is 0.166. The van der Waals surface area contributed by atoms with Gasteiger partial charge < -0.3 is 9.80 Å². The van der Waals surface area contributed by atoms with E-state index in [0.717, 1.165) is 26.2 Å². The molecular weight excluding hydrogens is 366 g/mol. The maximum atomic E-state index is 2.68. The van der Waals surface area contributed by atoms with Gasteiger partial charge in [-0.1, -0.05) is 50.5 Å². The Balaban J connectivity index is 1.78. The number of fused-ring (bicyclic) bond motifs is 4. The highest BCUT2D eigenvalue weighted by Crippen LogP contribution is 2.52. The molecule has 2 heterocycles. The summed E-state index contributed by atoms with van der Waals surface area (Å²) in [6.07, 6.45) is 10.4. The molecule has 0 aromatic heterocycles. The third-order valence-electron chi connectivity index (χ3n) is 7.68. The van der Waals surface area contributed by atoms with E-state index in [0.29, 0.717) is 0 Å². The zero-order valence-electron chi connectivity index (χ0n) is 19.0. The van der Waals surface area contributed by atoms with Crippen LogP contribution in [0.25, 0.3) is 10.8 Å². The fourth-order valence-corrected chi connectivity index (χ4v) is 6.23. The summed E-state index contributed by atoms with van der Waals surface area (Å²) in [5.74, 6) is 1.41. The first-order chi connectivity index (χ1) is 14.7. The van der Waals surface area contributed by atoms with Crippen LogP contribution in [-0.2, 0) is 5.41 Å². The van der Waals surface area contributed by atoms with Crippen LogP contribution in [0.3, 0.4) is 0 Å². The van der Waals surface area contributed by atoms with Crippen molar-refractivity contribution in [1.82, 2.24) is 9.80 Å². The topological polar surface area (TPSA) is 9.49 Å². The molecule has 3 aliphatic rings. The molecule has 0 radical (unpaired) electrons. The summed E-state index contributed by atoms with van der Waals surface area (Å²) in [6, 6.07) is 13.8. The molecule has 0 unspecified atom stereocenters. The fourth-order valence-electron chi connectivity index (χ4n) is 6.23. The molecule has 3 nitrogen and oxygen atoms in total. The van der Waals surface area contributed by atoms with Gasteiger partial charge in [-0.2, -0.15) is 4.58 Å². The van der Waals surface area contributed by atoms with E-state index in [2.05, 4.69) is 77.7 Å². The van der Waals surface area contributed by atoms with Crippen molar-refractivity contribution in [1.29, 1.82) is 0 Å². The number of nitrogens with zero attached hydrogens (tertiary/aromatic N) is 3. The maximum Gasteiger partial charge on any atom is 0.210 e. The molecule has 0 N–H and O–H groups in total. The van der Waals surface area contributed by atoms with Crippen LogP contribution in [0.5, 0.6) is 0 Å². The van der Waals surface area contributed by atoms with E-state index in [1.165, 1.54) is 60.8 Å². The van der Waals surface area contributed by atoms with Crippen molar-refractivity contribution >= 4 is 22.2 Å². The molecule has 2 aromatic rings. The van der Waals surface area contributed by atoms with Crippen molar-refractivity contribution in [3.63, 3.8) is 0 Å². The number of benzene rings is 2. The lowest BCUT2D eigenvalue weighted by Gasteiger charge is -2.33. The summed E-state index contributed by atoms with van der Waals surface area (Å²) in [7, 11) is 2.26. The predicted molar refractivity (Wildman–Crippen MR) is 127 cm³/mol. The largest absolute Gasteiger partial charge is 0.359 e. The van der Waals surface area contributed by atoms with Crippen LogP contribution < -0.4 is 0 Å². The normalized spacial score (nSPS) is 22.0. The molecule has 1 aliphatic carbocycles. The molecule has 0 bridgehead atoms. The second kappa shape index (κ2) is 7.76. The Morgan fingerprint density at radius 3 is 2.57 bits per heavy atom. The highest BCUT2D eigenvalue weighted by atomic mass is 15.4. The van der Waals surface area contributed by atoms with Gasteiger partial charge in [0.1, 0.15) is 12.4 Å². The number of allylic oxidation sites excluding steroid dienone is 1. The summed E-state index contributed by atoms with van der Waals surface area (Å²) in [5.41, 5.74) is 4.81. The lowest BCUT2D eigenvalue weighted by molar-refractivity contribution is -0.437. The smallest absolute Gasteiger partial charge is 0.210 e. The molecule has 1 saturated heterocycles. The summed E-state index contributed by atoms with van der Waals surface area (Å²) in [4.78, 5) is 5.01. The van der Waals surface area contributed by atoms with Gasteiger partial charge in [0, 0.05) is 50.8 Å². The van der Waals surface area contributed by atoms with Crippen molar-refractivity contribution in [2.24, 2.45) is 0 Å². The van der Waals surface area contributed by atoms with Crippen LogP contribution in [0, 0.1) is 0 Å². The SMILES string of the molecule is CCC[N+]1=C(/C=C2\N(C)CCN2CC)C2(CCCCC2)c2c1ccc1ccccc21. The average Bonchev–Trinajstić information content (AvgIpc) is 3.26. The van der Waals surface area contributed by atoms with Gasteiger partial charge in [-0.25, -0.2) is 0 Å². The van der Waals surface area contributed by atoms with E-state index >= 15 is 0 Å². The summed E-state index contributed by atoms with van der Waals surface area (Å²) < 4.78 is 2.68. The molecule has 1 saturated carbocycles. The lowest BCUT2D eigenvalue weighted by atomic mass is 9.66. The van der Waals surface area contributed by atoms with E-state index < -0.39 is 0 Å². The van der Waals surface area contributed by atoms with Gasteiger partial charge in [0.2, 0.25) is 5.69 Å². The average molecular weight is 403 g/mol. The van der Waals surface area contributed by atoms with Crippen LogP contribution >= 0.6 is 0 Å². The van der Waals surface area contributed by atoms with Crippen LogP contribution in [0.4, 0.5) is 5.69 Å². The molecule has 3 heteroatoms. The molecule has 30 heavy (non-hydrogen) atoms. The first kappa shape index (κ1) is 19.7. The summed E-state index contributed by atoms with van der Waals surface area (Å²) in [5, 5.41) is 2.86. The molecule has 2 aliphatic heterocycles. The second-order valence-electron chi connectivity index (χ2n) is 9.36. The quantitative estimate of drug-likeness (QED) is 0.611. The number of likely N-dealkylation sites (N-methyl/N-ethyl adjacent to an activating group) is 2. The standard InChI is InChI=1S/C27H36N3/c1-4-17-30-23-14-13-21-11-7-8-12-22(21)26(23)27(15-9-6-10-16-27)24(30)20-25-28(3)18-19-29(25)5-2/h7-8,11-14,20H,4-6,9-10,15-19H2,1-3H3/q+1. The third-order valence-corrected chi connectivity index (χ3v) is 7.68. The zero-order chi connectivity index (χ0) is 20.7. The van der Waals surface area contributed by atoms with Gasteiger partial charge >= 0.3 is 0 Å². The lowest BCUT2D eigenvalue weighted by Crippen LogP contribution is -2.38. The van der Waals surface area contributed by atoms with Crippen molar-refractivity contribution in [2.45, 2.75) is 57.8 Å². The number of rotatable bonds is 4. The van der Waals surface area contributed by atoms with Crippen LogP contribution in [-0.4, -0.2) is 53.3 Å². The minimum Gasteiger partial charge on any atom is -0.359 e. The van der Waals surface area contributed by atoms with Crippen molar-refractivity contribution < 1.29 is 4.58 Å². The van der Waals surface area contributed by atoms with E-state index in [9.17, 15) is 0 Å². The number of hydrogen-bond donors (Lipinski definition) is 0. The van der Waals surface area contributed by atoms with Crippen LogP contribution in [0.15, 0.2) is 48.3 Å². The Kier molecular flexibility index (Phi) is 5.08.